The Morgan fingerprint density at radius 3 is 2.03 bits per heavy atom. The van der Waals surface area contributed by atoms with E-state index in [0.717, 1.165) is 32.1 Å². The van der Waals surface area contributed by atoms with E-state index in [9.17, 15) is 25.5 Å². The Bertz CT molecular complexity index is 551. The van der Waals surface area contributed by atoms with Gasteiger partial charge < -0.3 is 49.2 Å². The molecule has 2 rings (SSSR count). The van der Waals surface area contributed by atoms with E-state index in [1.807, 2.05) is 0 Å². The maximum absolute atomic E-state index is 10.8. The van der Waals surface area contributed by atoms with Crippen LogP contribution in [0.1, 0.15) is 90.9 Å². The van der Waals surface area contributed by atoms with Gasteiger partial charge in [-0.3, -0.25) is 0 Å². The Balaban J connectivity index is 1.83. The molecule has 2 saturated heterocycles. The van der Waals surface area contributed by atoms with Crippen LogP contribution in [0.5, 0.6) is 0 Å². The molecule has 0 amide bonds. The van der Waals surface area contributed by atoms with Crippen molar-refractivity contribution in [3.8, 4) is 0 Å². The van der Waals surface area contributed by atoms with Crippen molar-refractivity contribution in [2.75, 3.05) is 19.8 Å². The number of ether oxygens (including phenoxy) is 5. The molecule has 0 bridgehead atoms. The molecule has 9 atom stereocenters. The molecule has 2 heterocycles. The van der Waals surface area contributed by atoms with Gasteiger partial charge in [0.25, 0.3) is 0 Å². The van der Waals surface area contributed by atoms with Crippen molar-refractivity contribution in [3.05, 3.63) is 0 Å². The normalized spacial score (nSPS) is 34.1. The van der Waals surface area contributed by atoms with Crippen molar-refractivity contribution in [2.45, 2.75) is 146 Å². The first kappa shape index (κ1) is 31.8. The zero-order valence-corrected chi connectivity index (χ0v) is 22.1. The summed E-state index contributed by atoms with van der Waals surface area (Å²) in [6.45, 7) is 3.44. The van der Waals surface area contributed by atoms with Gasteiger partial charge in [-0.05, 0) is 12.8 Å². The predicted molar refractivity (Wildman–Crippen MR) is 132 cm³/mol. The molecule has 36 heavy (non-hydrogen) atoms. The smallest absolute Gasteiger partial charge is 0.210 e. The summed E-state index contributed by atoms with van der Waals surface area (Å²) in [5.41, 5.74) is 0. The van der Waals surface area contributed by atoms with Crippen molar-refractivity contribution in [1.29, 1.82) is 0 Å². The zero-order chi connectivity index (χ0) is 26.3. The second-order valence-corrected chi connectivity index (χ2v) is 10.0. The van der Waals surface area contributed by atoms with E-state index >= 15 is 0 Å². The van der Waals surface area contributed by atoms with Crippen LogP contribution in [0.4, 0.5) is 0 Å². The van der Waals surface area contributed by atoms with Gasteiger partial charge >= 0.3 is 0 Å². The average molecular weight is 523 g/mol. The third kappa shape index (κ3) is 10.4. The van der Waals surface area contributed by atoms with Crippen LogP contribution in [0.25, 0.3) is 0 Å². The first-order chi connectivity index (χ1) is 17.4. The molecule has 0 aromatic heterocycles. The molecule has 2 fully saturated rings. The number of aliphatic hydroxyl groups excluding tert-OH is 5. The molecule has 0 aromatic rings. The summed E-state index contributed by atoms with van der Waals surface area (Å²) in [6, 6.07) is 0. The van der Waals surface area contributed by atoms with Gasteiger partial charge in [-0.2, -0.15) is 0 Å². The van der Waals surface area contributed by atoms with Gasteiger partial charge in [-0.15, -0.1) is 0 Å². The van der Waals surface area contributed by atoms with Crippen molar-refractivity contribution < 1.29 is 49.2 Å². The fraction of sp³-hybridized carbons (Fsp3) is 1.00. The molecule has 0 spiro atoms. The molecule has 214 valence electrons. The van der Waals surface area contributed by atoms with Crippen LogP contribution in [0.15, 0.2) is 0 Å². The van der Waals surface area contributed by atoms with E-state index in [2.05, 4.69) is 13.8 Å². The van der Waals surface area contributed by atoms with Gasteiger partial charge in [0, 0.05) is 0 Å². The lowest BCUT2D eigenvalue weighted by Crippen LogP contribution is -2.62. The quantitative estimate of drug-likeness (QED) is 0.169. The third-order valence-corrected chi connectivity index (χ3v) is 6.89. The zero-order valence-electron chi connectivity index (χ0n) is 22.1. The minimum absolute atomic E-state index is 0.0129. The lowest BCUT2D eigenvalue weighted by atomic mass is 9.98. The monoisotopic (exact) mass is 522 g/mol. The van der Waals surface area contributed by atoms with Crippen molar-refractivity contribution in [1.82, 2.24) is 0 Å². The maximum atomic E-state index is 10.8. The number of rotatable bonds is 18. The van der Waals surface area contributed by atoms with Gasteiger partial charge in [0.2, 0.25) is 12.6 Å². The van der Waals surface area contributed by atoms with Gasteiger partial charge in [0.05, 0.1) is 25.9 Å². The maximum Gasteiger partial charge on any atom is 0.210 e. The summed E-state index contributed by atoms with van der Waals surface area (Å²) >= 11 is 0. The second-order valence-electron chi connectivity index (χ2n) is 10.0. The number of aliphatic hydroxyl groups is 5. The van der Waals surface area contributed by atoms with E-state index in [0.29, 0.717) is 0 Å². The summed E-state index contributed by atoms with van der Waals surface area (Å²) in [6.07, 6.45) is 3.82. The summed E-state index contributed by atoms with van der Waals surface area (Å²) in [5.74, 6) is 0. The number of unbranched alkanes of at least 4 members (excludes halogenated alkanes) is 8. The summed E-state index contributed by atoms with van der Waals surface area (Å²) < 4.78 is 28.1. The summed E-state index contributed by atoms with van der Waals surface area (Å²) in [5, 5.41) is 50.7. The van der Waals surface area contributed by atoms with Gasteiger partial charge in [0.1, 0.15) is 30.5 Å². The Labute approximate surface area is 215 Å². The summed E-state index contributed by atoms with van der Waals surface area (Å²) in [7, 11) is 0. The fourth-order valence-corrected chi connectivity index (χ4v) is 4.74. The minimum Gasteiger partial charge on any atom is -0.394 e. The van der Waals surface area contributed by atoms with E-state index < -0.39 is 56.0 Å². The molecule has 2 aliphatic rings. The molecule has 2 aliphatic heterocycles. The molecule has 9 unspecified atom stereocenters. The first-order valence-electron chi connectivity index (χ1n) is 13.9. The Hall–Kier alpha value is -0.400. The molecular weight excluding hydrogens is 472 g/mol. The van der Waals surface area contributed by atoms with Crippen LogP contribution in [-0.2, 0) is 23.7 Å². The molecular formula is C26H50O10. The van der Waals surface area contributed by atoms with Gasteiger partial charge in [-0.25, -0.2) is 0 Å². The van der Waals surface area contributed by atoms with Crippen molar-refractivity contribution in [3.63, 3.8) is 0 Å². The van der Waals surface area contributed by atoms with Gasteiger partial charge in [0.15, 0.2) is 6.29 Å². The largest absolute Gasteiger partial charge is 0.394 e. The number of hydrogen-bond acceptors (Lipinski definition) is 10. The highest BCUT2D eigenvalue weighted by molar-refractivity contribution is 4.91. The Morgan fingerprint density at radius 2 is 1.42 bits per heavy atom. The minimum atomic E-state index is -1.46. The highest BCUT2D eigenvalue weighted by atomic mass is 16.8. The predicted octanol–water partition coefficient (Wildman–Crippen LogP) is 1.97. The highest BCUT2D eigenvalue weighted by Crippen LogP contribution is 2.29. The standard InChI is InChI=1S/C26H50O10/c1-3-5-6-7-8-9-10-11-12-14-18(13-4-2)33-25-22(30)21(29)23(20(16-28)35-25)36-26-24(31)32-17-19(15-27)34-26/h18-31H,3-17H2,1-2H3. The van der Waals surface area contributed by atoms with Crippen LogP contribution >= 0.6 is 0 Å². The average Bonchev–Trinajstić information content (AvgIpc) is 2.88. The second kappa shape index (κ2) is 18.0. The first-order valence-corrected chi connectivity index (χ1v) is 13.9. The van der Waals surface area contributed by atoms with Crippen LogP contribution in [0.2, 0.25) is 0 Å². The van der Waals surface area contributed by atoms with Crippen LogP contribution in [0.3, 0.4) is 0 Å². The molecule has 0 radical (unpaired) electrons. The van der Waals surface area contributed by atoms with E-state index in [-0.39, 0.29) is 19.3 Å². The van der Waals surface area contributed by atoms with Gasteiger partial charge in [-0.1, -0.05) is 78.1 Å². The highest BCUT2D eigenvalue weighted by Gasteiger charge is 2.48. The molecule has 5 N–H and O–H groups in total. The van der Waals surface area contributed by atoms with Crippen LogP contribution in [0, 0.1) is 0 Å². The molecule has 10 nitrogen and oxygen atoms in total. The van der Waals surface area contributed by atoms with Crippen LogP contribution in [-0.4, -0.2) is 101 Å². The van der Waals surface area contributed by atoms with Crippen LogP contribution < -0.4 is 0 Å². The van der Waals surface area contributed by atoms with Crippen molar-refractivity contribution >= 4 is 0 Å². The summed E-state index contributed by atoms with van der Waals surface area (Å²) in [4.78, 5) is 0. The lowest BCUT2D eigenvalue weighted by Gasteiger charge is -2.44. The van der Waals surface area contributed by atoms with Crippen molar-refractivity contribution in [2.24, 2.45) is 0 Å². The van der Waals surface area contributed by atoms with E-state index in [1.54, 1.807) is 0 Å². The topological polar surface area (TPSA) is 147 Å². The van der Waals surface area contributed by atoms with E-state index in [1.165, 1.54) is 44.9 Å². The number of hydrogen-bond donors (Lipinski definition) is 5. The Morgan fingerprint density at radius 1 is 0.750 bits per heavy atom. The SMILES string of the molecule is CCCCCCCCCCCC(CCC)OC1OC(CO)C(OC2OC(CO)COC2O)C(O)C1O. The lowest BCUT2D eigenvalue weighted by molar-refractivity contribution is -0.378. The van der Waals surface area contributed by atoms with E-state index in [4.69, 9.17) is 23.7 Å². The third-order valence-electron chi connectivity index (χ3n) is 6.89. The Kier molecular flexibility index (Phi) is 15.9. The molecule has 10 heteroatoms. The molecule has 0 aliphatic carbocycles. The molecule has 0 aromatic carbocycles. The fourth-order valence-electron chi connectivity index (χ4n) is 4.74. The molecule has 0 saturated carbocycles.